The van der Waals surface area contributed by atoms with Gasteiger partial charge in [0, 0.05) is 6.04 Å². The van der Waals surface area contributed by atoms with Gasteiger partial charge in [0.1, 0.15) is 5.82 Å². The molecular weight excluding hydrogens is 261 g/mol. The molecule has 0 heterocycles. The van der Waals surface area contributed by atoms with Gasteiger partial charge in [-0.05, 0) is 62.9 Å². The normalized spacial score (nSPS) is 12.3. The Balaban J connectivity index is 1.66. The van der Waals surface area contributed by atoms with Crippen molar-refractivity contribution in [2.24, 2.45) is 0 Å². The van der Waals surface area contributed by atoms with Gasteiger partial charge in [-0.15, -0.1) is 0 Å². The third kappa shape index (κ3) is 5.68. The van der Waals surface area contributed by atoms with E-state index in [1.54, 1.807) is 0 Å². The largest absolute Gasteiger partial charge is 0.314 e. The Hall–Kier alpha value is -1.67. The number of nitrogens with one attached hydrogen (secondary N) is 1. The first-order valence-corrected chi connectivity index (χ1v) is 7.67. The van der Waals surface area contributed by atoms with E-state index in [0.717, 1.165) is 25.8 Å². The molecule has 0 aliphatic carbocycles. The minimum Gasteiger partial charge on any atom is -0.314 e. The van der Waals surface area contributed by atoms with Gasteiger partial charge in [0.15, 0.2) is 0 Å². The molecule has 0 bridgehead atoms. The number of hydrogen-bond acceptors (Lipinski definition) is 1. The van der Waals surface area contributed by atoms with Crippen molar-refractivity contribution in [2.45, 2.75) is 39.2 Å². The molecule has 2 rings (SSSR count). The molecule has 0 radical (unpaired) electrons. The van der Waals surface area contributed by atoms with E-state index >= 15 is 0 Å². The average Bonchev–Trinajstić information content (AvgIpc) is 2.48. The van der Waals surface area contributed by atoms with Crippen molar-refractivity contribution >= 4 is 0 Å². The van der Waals surface area contributed by atoms with E-state index in [2.05, 4.69) is 43.4 Å². The summed E-state index contributed by atoms with van der Waals surface area (Å²) in [6, 6.07) is 16.0. The third-order valence-electron chi connectivity index (χ3n) is 3.71. The summed E-state index contributed by atoms with van der Waals surface area (Å²) < 4.78 is 12.8. The maximum atomic E-state index is 12.8. The molecule has 1 atom stereocenters. The van der Waals surface area contributed by atoms with Gasteiger partial charge in [-0.25, -0.2) is 4.39 Å². The number of hydrogen-bond donors (Lipinski definition) is 1. The lowest BCUT2D eigenvalue weighted by molar-refractivity contribution is 0.534. The van der Waals surface area contributed by atoms with Crippen molar-refractivity contribution in [3.05, 3.63) is 71.0 Å². The van der Waals surface area contributed by atoms with E-state index in [-0.39, 0.29) is 5.82 Å². The van der Waals surface area contributed by atoms with Crippen LogP contribution >= 0.6 is 0 Å². The number of rotatable bonds is 7. The second-order valence-electron chi connectivity index (χ2n) is 5.77. The van der Waals surface area contributed by atoms with Gasteiger partial charge < -0.3 is 5.32 Å². The number of aryl methyl sites for hydroxylation is 2. The van der Waals surface area contributed by atoms with Crippen molar-refractivity contribution in [2.75, 3.05) is 6.54 Å². The van der Waals surface area contributed by atoms with E-state index < -0.39 is 0 Å². The van der Waals surface area contributed by atoms with Gasteiger partial charge in [0.2, 0.25) is 0 Å². The zero-order valence-electron chi connectivity index (χ0n) is 12.9. The zero-order valence-corrected chi connectivity index (χ0v) is 12.9. The molecule has 0 saturated heterocycles. The monoisotopic (exact) mass is 285 g/mol. The molecule has 0 amide bonds. The van der Waals surface area contributed by atoms with Gasteiger partial charge in [-0.2, -0.15) is 0 Å². The molecule has 0 aromatic heterocycles. The molecule has 21 heavy (non-hydrogen) atoms. The first-order chi connectivity index (χ1) is 10.1. The molecule has 2 aromatic carbocycles. The molecular formula is C19H24FN. The predicted molar refractivity (Wildman–Crippen MR) is 87.1 cm³/mol. The molecule has 0 saturated carbocycles. The van der Waals surface area contributed by atoms with Crippen LogP contribution in [0.3, 0.4) is 0 Å². The summed E-state index contributed by atoms with van der Waals surface area (Å²) in [6.07, 6.45) is 3.12. The van der Waals surface area contributed by atoms with Crippen LogP contribution in [-0.2, 0) is 12.8 Å². The van der Waals surface area contributed by atoms with Crippen LogP contribution < -0.4 is 5.32 Å². The topological polar surface area (TPSA) is 12.0 Å². The Morgan fingerprint density at radius 3 is 2.24 bits per heavy atom. The van der Waals surface area contributed by atoms with E-state index in [9.17, 15) is 4.39 Å². The summed E-state index contributed by atoms with van der Waals surface area (Å²) in [5.74, 6) is -0.163. The summed E-state index contributed by atoms with van der Waals surface area (Å²) in [5.41, 5.74) is 3.88. The predicted octanol–water partition coefficient (Wildman–Crippen LogP) is 4.29. The van der Waals surface area contributed by atoms with Crippen molar-refractivity contribution in [1.29, 1.82) is 0 Å². The molecule has 2 aromatic rings. The van der Waals surface area contributed by atoms with E-state index in [4.69, 9.17) is 0 Å². The highest BCUT2D eigenvalue weighted by Crippen LogP contribution is 2.07. The quantitative estimate of drug-likeness (QED) is 0.748. The summed E-state index contributed by atoms with van der Waals surface area (Å²) in [5, 5.41) is 3.55. The van der Waals surface area contributed by atoms with Gasteiger partial charge in [0.05, 0.1) is 0 Å². The zero-order chi connectivity index (χ0) is 15.1. The Bertz CT molecular complexity index is 530. The molecule has 0 fully saturated rings. The molecule has 0 aliphatic rings. The summed E-state index contributed by atoms with van der Waals surface area (Å²) in [7, 11) is 0. The second-order valence-corrected chi connectivity index (χ2v) is 5.77. The maximum absolute atomic E-state index is 12.8. The molecule has 112 valence electrons. The van der Waals surface area contributed by atoms with Gasteiger partial charge in [0.25, 0.3) is 0 Å². The minimum absolute atomic E-state index is 0.163. The van der Waals surface area contributed by atoms with Gasteiger partial charge >= 0.3 is 0 Å². The fraction of sp³-hybridized carbons (Fsp3) is 0.368. The van der Waals surface area contributed by atoms with Crippen LogP contribution in [0.25, 0.3) is 0 Å². The molecule has 1 nitrogen and oxygen atoms in total. The SMILES string of the molecule is Cc1ccc(CC(C)NCCCc2ccc(F)cc2)cc1. The molecule has 0 spiro atoms. The second kappa shape index (κ2) is 7.94. The smallest absolute Gasteiger partial charge is 0.123 e. The molecule has 1 unspecified atom stereocenters. The lowest BCUT2D eigenvalue weighted by atomic mass is 10.1. The molecule has 2 heteroatoms. The maximum Gasteiger partial charge on any atom is 0.123 e. The van der Waals surface area contributed by atoms with Crippen molar-refractivity contribution < 1.29 is 4.39 Å². The molecule has 1 N–H and O–H groups in total. The van der Waals surface area contributed by atoms with Crippen molar-refractivity contribution in [3.63, 3.8) is 0 Å². The minimum atomic E-state index is -0.163. The molecule has 0 aliphatic heterocycles. The first kappa shape index (κ1) is 15.7. The Labute approximate surface area is 127 Å². The lowest BCUT2D eigenvalue weighted by Crippen LogP contribution is -2.29. The van der Waals surface area contributed by atoms with Crippen LogP contribution in [0.4, 0.5) is 4.39 Å². The fourth-order valence-electron chi connectivity index (χ4n) is 2.44. The summed E-state index contributed by atoms with van der Waals surface area (Å²) >= 11 is 0. The van der Waals surface area contributed by atoms with E-state index in [0.29, 0.717) is 6.04 Å². The third-order valence-corrected chi connectivity index (χ3v) is 3.71. The standard InChI is InChI=1S/C19H24FN/c1-15-5-7-18(8-6-15)14-16(2)21-13-3-4-17-9-11-19(20)12-10-17/h5-12,16,21H,3-4,13-14H2,1-2H3. The van der Waals surface area contributed by atoms with Crippen LogP contribution in [0.15, 0.2) is 48.5 Å². The number of halogens is 1. The van der Waals surface area contributed by atoms with Gasteiger partial charge in [-0.3, -0.25) is 0 Å². The number of benzene rings is 2. The lowest BCUT2D eigenvalue weighted by Gasteiger charge is -2.14. The Morgan fingerprint density at radius 2 is 1.57 bits per heavy atom. The van der Waals surface area contributed by atoms with Crippen LogP contribution in [0, 0.1) is 12.7 Å². The Kier molecular flexibility index (Phi) is 5.94. The van der Waals surface area contributed by atoms with Crippen LogP contribution in [0.2, 0.25) is 0 Å². The van der Waals surface area contributed by atoms with Gasteiger partial charge in [-0.1, -0.05) is 42.0 Å². The van der Waals surface area contributed by atoms with Crippen LogP contribution in [0.1, 0.15) is 30.0 Å². The Morgan fingerprint density at radius 1 is 0.952 bits per heavy atom. The highest BCUT2D eigenvalue weighted by Gasteiger charge is 2.03. The summed E-state index contributed by atoms with van der Waals surface area (Å²) in [4.78, 5) is 0. The van der Waals surface area contributed by atoms with Crippen LogP contribution in [0.5, 0.6) is 0 Å². The van der Waals surface area contributed by atoms with Crippen molar-refractivity contribution in [3.8, 4) is 0 Å². The van der Waals surface area contributed by atoms with E-state index in [1.807, 2.05) is 12.1 Å². The first-order valence-electron chi connectivity index (χ1n) is 7.67. The van der Waals surface area contributed by atoms with Crippen LogP contribution in [-0.4, -0.2) is 12.6 Å². The highest BCUT2D eigenvalue weighted by molar-refractivity contribution is 5.22. The fourth-order valence-corrected chi connectivity index (χ4v) is 2.44. The van der Waals surface area contributed by atoms with Crippen molar-refractivity contribution in [1.82, 2.24) is 5.32 Å². The summed E-state index contributed by atoms with van der Waals surface area (Å²) in [6.45, 7) is 5.32. The average molecular weight is 285 g/mol. The highest BCUT2D eigenvalue weighted by atomic mass is 19.1. The van der Waals surface area contributed by atoms with E-state index in [1.165, 1.54) is 28.8 Å².